The Bertz CT molecular complexity index is 954. The molecule has 0 bridgehead atoms. The van der Waals surface area contributed by atoms with Crippen LogP contribution in [0.25, 0.3) is 11.4 Å². The Balaban J connectivity index is 1.63. The van der Waals surface area contributed by atoms with Crippen molar-refractivity contribution >= 4 is 5.91 Å². The second-order valence-electron chi connectivity index (χ2n) is 6.53. The zero-order valence-corrected chi connectivity index (χ0v) is 17.5. The van der Waals surface area contributed by atoms with E-state index in [0.717, 1.165) is 17.1 Å². The fourth-order valence-electron chi connectivity index (χ4n) is 2.85. The lowest BCUT2D eigenvalue weighted by atomic mass is 10.2. The number of carbonyl (C=O) groups is 1. The summed E-state index contributed by atoms with van der Waals surface area (Å²) in [6.45, 7) is 4.29. The number of amides is 1. The van der Waals surface area contributed by atoms with Gasteiger partial charge < -0.3 is 23.6 Å². The van der Waals surface area contributed by atoms with Crippen LogP contribution in [-0.2, 0) is 11.3 Å². The van der Waals surface area contributed by atoms with E-state index in [1.165, 1.54) is 0 Å². The highest BCUT2D eigenvalue weighted by atomic mass is 16.5. The molecule has 0 saturated heterocycles. The molecule has 0 aliphatic rings. The van der Waals surface area contributed by atoms with Gasteiger partial charge in [-0.2, -0.15) is 4.98 Å². The number of carbonyl (C=O) groups excluding carboxylic acids is 1. The van der Waals surface area contributed by atoms with Crippen molar-refractivity contribution in [2.45, 2.75) is 26.5 Å². The summed E-state index contributed by atoms with van der Waals surface area (Å²) < 4.78 is 21.4. The van der Waals surface area contributed by atoms with E-state index in [-0.39, 0.29) is 12.5 Å². The highest BCUT2D eigenvalue weighted by Crippen LogP contribution is 2.21. The molecule has 8 nitrogen and oxygen atoms in total. The molecular formula is C22H25N3O5. The molecule has 158 valence electrons. The Morgan fingerprint density at radius 1 is 1.00 bits per heavy atom. The average molecular weight is 411 g/mol. The molecule has 1 unspecified atom stereocenters. The van der Waals surface area contributed by atoms with Gasteiger partial charge in [0.1, 0.15) is 23.8 Å². The molecule has 0 fully saturated rings. The Kier molecular flexibility index (Phi) is 6.90. The average Bonchev–Trinajstić information content (AvgIpc) is 3.26. The summed E-state index contributed by atoms with van der Waals surface area (Å²) in [6, 6.07) is 14.4. The summed E-state index contributed by atoms with van der Waals surface area (Å²) in [7, 11) is 3.20. The summed E-state index contributed by atoms with van der Waals surface area (Å²) >= 11 is 0. The molecule has 8 heteroatoms. The van der Waals surface area contributed by atoms with Crippen LogP contribution in [0.3, 0.4) is 0 Å². The van der Waals surface area contributed by atoms with Crippen LogP contribution in [0.4, 0.5) is 0 Å². The molecule has 1 atom stereocenters. The van der Waals surface area contributed by atoms with Crippen LogP contribution in [0.1, 0.15) is 19.7 Å². The summed E-state index contributed by atoms with van der Waals surface area (Å²) in [5, 5.41) is 4.01. The molecule has 1 amide bonds. The smallest absolute Gasteiger partial charge is 0.263 e. The van der Waals surface area contributed by atoms with E-state index in [9.17, 15) is 4.79 Å². The van der Waals surface area contributed by atoms with Crippen LogP contribution >= 0.6 is 0 Å². The van der Waals surface area contributed by atoms with Crippen molar-refractivity contribution in [1.82, 2.24) is 15.0 Å². The molecule has 2 aromatic carbocycles. The van der Waals surface area contributed by atoms with Crippen molar-refractivity contribution in [3.63, 3.8) is 0 Å². The Morgan fingerprint density at radius 3 is 2.13 bits per heavy atom. The molecule has 3 aromatic rings. The summed E-state index contributed by atoms with van der Waals surface area (Å²) in [5.74, 6) is 2.70. The van der Waals surface area contributed by atoms with Crippen molar-refractivity contribution in [1.29, 1.82) is 0 Å². The van der Waals surface area contributed by atoms with Gasteiger partial charge in [-0.3, -0.25) is 4.79 Å². The van der Waals surface area contributed by atoms with Gasteiger partial charge in [-0.1, -0.05) is 5.16 Å². The highest BCUT2D eigenvalue weighted by Gasteiger charge is 2.23. The van der Waals surface area contributed by atoms with Crippen molar-refractivity contribution < 1.29 is 23.5 Å². The third-order valence-electron chi connectivity index (χ3n) is 4.56. The molecule has 0 N–H and O–H groups in total. The molecule has 1 aromatic heterocycles. The van der Waals surface area contributed by atoms with E-state index >= 15 is 0 Å². The molecule has 1 heterocycles. The minimum atomic E-state index is -0.665. The third-order valence-corrected chi connectivity index (χ3v) is 4.56. The SMILES string of the molecule is CCN(Cc1nc(-c2ccc(OC)cc2)no1)C(=O)C(C)Oc1ccc(OC)cc1. The zero-order valence-electron chi connectivity index (χ0n) is 17.5. The number of ether oxygens (including phenoxy) is 3. The standard InChI is InChI=1S/C22H25N3O5/c1-5-25(22(26)15(2)29-19-12-10-18(28-4)11-13-19)14-20-23-21(24-30-20)16-6-8-17(27-3)9-7-16/h6-13,15H,5,14H2,1-4H3. The number of likely N-dealkylation sites (N-methyl/N-ethyl adjacent to an activating group) is 1. The number of hydrogen-bond acceptors (Lipinski definition) is 7. The lowest BCUT2D eigenvalue weighted by Crippen LogP contribution is -2.40. The molecule has 0 aliphatic carbocycles. The van der Waals surface area contributed by atoms with Gasteiger partial charge in [0.15, 0.2) is 6.10 Å². The molecule has 30 heavy (non-hydrogen) atoms. The summed E-state index contributed by atoms with van der Waals surface area (Å²) in [5.41, 5.74) is 0.802. The number of hydrogen-bond donors (Lipinski definition) is 0. The number of aromatic nitrogens is 2. The quantitative estimate of drug-likeness (QED) is 0.532. The Hall–Kier alpha value is -3.55. The van der Waals surface area contributed by atoms with E-state index in [4.69, 9.17) is 18.7 Å². The molecule has 0 aliphatic heterocycles. The maximum Gasteiger partial charge on any atom is 0.263 e. The number of benzene rings is 2. The molecule has 0 saturated carbocycles. The van der Waals surface area contributed by atoms with E-state index in [1.54, 1.807) is 50.3 Å². The molecule has 0 spiro atoms. The van der Waals surface area contributed by atoms with E-state index < -0.39 is 6.10 Å². The first-order valence-corrected chi connectivity index (χ1v) is 9.60. The maximum atomic E-state index is 12.8. The van der Waals surface area contributed by atoms with Gasteiger partial charge >= 0.3 is 0 Å². The lowest BCUT2D eigenvalue weighted by molar-refractivity contribution is -0.138. The topological polar surface area (TPSA) is 86.9 Å². The van der Waals surface area contributed by atoms with Crippen molar-refractivity contribution in [3.8, 4) is 28.6 Å². The third kappa shape index (κ3) is 5.08. The van der Waals surface area contributed by atoms with E-state index in [0.29, 0.717) is 24.0 Å². The molecular weight excluding hydrogens is 386 g/mol. The van der Waals surface area contributed by atoms with Crippen LogP contribution in [0.2, 0.25) is 0 Å². The normalized spacial score (nSPS) is 11.6. The zero-order chi connectivity index (χ0) is 21.5. The Labute approximate surface area is 175 Å². The van der Waals surface area contributed by atoms with Gasteiger partial charge in [-0.15, -0.1) is 0 Å². The van der Waals surface area contributed by atoms with Crippen LogP contribution < -0.4 is 14.2 Å². The number of nitrogens with zero attached hydrogens (tertiary/aromatic N) is 3. The fraction of sp³-hybridized carbons (Fsp3) is 0.318. The van der Waals surface area contributed by atoms with Gasteiger partial charge in [0.2, 0.25) is 11.7 Å². The Morgan fingerprint density at radius 2 is 1.57 bits per heavy atom. The largest absolute Gasteiger partial charge is 0.497 e. The van der Waals surface area contributed by atoms with Crippen molar-refractivity contribution in [3.05, 3.63) is 54.4 Å². The lowest BCUT2D eigenvalue weighted by Gasteiger charge is -2.23. The van der Waals surface area contributed by atoms with Crippen LogP contribution in [0, 0.1) is 0 Å². The minimum Gasteiger partial charge on any atom is -0.497 e. The summed E-state index contributed by atoms with van der Waals surface area (Å²) in [4.78, 5) is 18.8. The van der Waals surface area contributed by atoms with Crippen LogP contribution in [-0.4, -0.2) is 47.8 Å². The van der Waals surface area contributed by atoms with E-state index in [2.05, 4.69) is 10.1 Å². The van der Waals surface area contributed by atoms with Gasteiger partial charge in [0, 0.05) is 12.1 Å². The fourth-order valence-corrected chi connectivity index (χ4v) is 2.85. The van der Waals surface area contributed by atoms with Crippen LogP contribution in [0.15, 0.2) is 53.1 Å². The monoisotopic (exact) mass is 411 g/mol. The molecule has 0 radical (unpaired) electrons. The second kappa shape index (κ2) is 9.78. The predicted molar refractivity (Wildman–Crippen MR) is 110 cm³/mol. The van der Waals surface area contributed by atoms with Crippen molar-refractivity contribution in [2.24, 2.45) is 0 Å². The first-order chi connectivity index (χ1) is 14.5. The van der Waals surface area contributed by atoms with Gasteiger partial charge in [-0.25, -0.2) is 0 Å². The van der Waals surface area contributed by atoms with Gasteiger partial charge in [-0.05, 0) is 62.4 Å². The highest BCUT2D eigenvalue weighted by molar-refractivity contribution is 5.80. The van der Waals surface area contributed by atoms with E-state index in [1.807, 2.05) is 31.2 Å². The van der Waals surface area contributed by atoms with Crippen molar-refractivity contribution in [2.75, 3.05) is 20.8 Å². The maximum absolute atomic E-state index is 12.8. The van der Waals surface area contributed by atoms with Gasteiger partial charge in [0.25, 0.3) is 5.91 Å². The molecule has 3 rings (SSSR count). The van der Waals surface area contributed by atoms with Crippen LogP contribution in [0.5, 0.6) is 17.2 Å². The summed E-state index contributed by atoms with van der Waals surface area (Å²) in [6.07, 6.45) is -0.665. The van der Waals surface area contributed by atoms with Gasteiger partial charge in [0.05, 0.1) is 14.2 Å². The number of rotatable bonds is 9. The predicted octanol–water partition coefficient (Wildman–Crippen LogP) is 3.57. The first kappa shape index (κ1) is 21.2. The number of methoxy groups -OCH3 is 2. The second-order valence-corrected chi connectivity index (χ2v) is 6.53. The minimum absolute atomic E-state index is 0.169. The first-order valence-electron chi connectivity index (χ1n) is 9.60.